The summed E-state index contributed by atoms with van der Waals surface area (Å²) >= 11 is 0. The number of hydrogen-bond acceptors (Lipinski definition) is 6. The summed E-state index contributed by atoms with van der Waals surface area (Å²) in [6, 6.07) is 10.7. The number of carbonyl (C=O) groups is 2. The molecule has 6 heteroatoms. The van der Waals surface area contributed by atoms with E-state index in [9.17, 15) is 9.59 Å². The summed E-state index contributed by atoms with van der Waals surface area (Å²) in [5.74, 6) is 1.46. The maximum absolute atomic E-state index is 12.9. The Morgan fingerprint density at radius 1 is 0.838 bits per heavy atom. The molecule has 2 aromatic carbocycles. The third kappa shape index (κ3) is 9.27. The van der Waals surface area contributed by atoms with Gasteiger partial charge in [-0.3, -0.25) is 9.59 Å². The molecule has 0 spiro atoms. The van der Waals surface area contributed by atoms with Gasteiger partial charge in [0.05, 0.1) is 17.6 Å². The predicted octanol–water partition coefficient (Wildman–Crippen LogP) is 7.38. The van der Waals surface area contributed by atoms with Gasteiger partial charge in [-0.15, -0.1) is 0 Å². The van der Waals surface area contributed by atoms with Crippen LogP contribution in [0, 0.1) is 5.41 Å². The van der Waals surface area contributed by atoms with Crippen molar-refractivity contribution < 1.29 is 28.5 Å². The fourth-order valence-electron chi connectivity index (χ4n) is 3.35. The smallest absolute Gasteiger partial charge is 0.314 e. The quantitative estimate of drug-likeness (QED) is 0.144. The minimum absolute atomic E-state index is 0.0217. The second kappa shape index (κ2) is 12.3. The van der Waals surface area contributed by atoms with E-state index in [1.807, 2.05) is 39.8 Å². The minimum Gasteiger partial charge on any atom is -0.491 e. The fourth-order valence-corrected chi connectivity index (χ4v) is 3.35. The second-order valence-corrected chi connectivity index (χ2v) is 11.6. The molecule has 0 aliphatic carbocycles. The van der Waals surface area contributed by atoms with Gasteiger partial charge in [-0.05, 0) is 96.4 Å². The summed E-state index contributed by atoms with van der Waals surface area (Å²) in [6.45, 7) is 19.5. The maximum atomic E-state index is 12.9. The fraction of sp³-hybridized carbons (Fsp3) is 0.484. The van der Waals surface area contributed by atoms with E-state index in [0.717, 1.165) is 16.9 Å². The van der Waals surface area contributed by atoms with Crippen molar-refractivity contribution in [1.82, 2.24) is 0 Å². The van der Waals surface area contributed by atoms with Crippen LogP contribution in [0.4, 0.5) is 0 Å². The molecular weight excluding hydrogens is 468 g/mol. The zero-order valence-corrected chi connectivity index (χ0v) is 23.9. The Bertz CT molecular complexity index is 1100. The molecule has 0 unspecified atom stereocenters. The lowest BCUT2D eigenvalue weighted by molar-refractivity contribution is -0.159. The molecule has 0 atom stereocenters. The maximum Gasteiger partial charge on any atom is 0.314 e. The monoisotopic (exact) mass is 510 g/mol. The highest BCUT2D eigenvalue weighted by molar-refractivity contribution is 6.07. The van der Waals surface area contributed by atoms with Crippen LogP contribution in [0.2, 0.25) is 0 Å². The normalized spacial score (nSPS) is 12.2. The Labute approximate surface area is 222 Å². The van der Waals surface area contributed by atoms with Crippen molar-refractivity contribution in [1.29, 1.82) is 0 Å². The molecule has 6 nitrogen and oxygen atoms in total. The van der Waals surface area contributed by atoms with Crippen LogP contribution >= 0.6 is 0 Å². The third-order valence-electron chi connectivity index (χ3n) is 5.23. The largest absolute Gasteiger partial charge is 0.491 e. The van der Waals surface area contributed by atoms with Crippen LogP contribution in [-0.4, -0.2) is 30.8 Å². The SMILES string of the molecule is CC(C)Oc1cc(OC(C)C)c(C(C)(C)C)cc1C=CC(=O)c1ccc(OCOC(=O)C(C)(C)C)cc1. The van der Waals surface area contributed by atoms with Gasteiger partial charge in [-0.1, -0.05) is 20.8 Å². The number of rotatable bonds is 10. The van der Waals surface area contributed by atoms with Crippen molar-refractivity contribution in [2.45, 2.75) is 86.9 Å². The topological polar surface area (TPSA) is 71.1 Å². The van der Waals surface area contributed by atoms with Crippen molar-refractivity contribution in [3.8, 4) is 17.2 Å². The first-order chi connectivity index (χ1) is 17.1. The van der Waals surface area contributed by atoms with E-state index in [1.165, 1.54) is 0 Å². The number of esters is 1. The molecule has 0 aromatic heterocycles. The molecule has 37 heavy (non-hydrogen) atoms. The summed E-state index contributed by atoms with van der Waals surface area (Å²) in [4.78, 5) is 24.7. The van der Waals surface area contributed by atoms with Gasteiger partial charge in [0.15, 0.2) is 5.78 Å². The number of ether oxygens (including phenoxy) is 4. The van der Waals surface area contributed by atoms with Crippen LogP contribution in [-0.2, 0) is 14.9 Å². The van der Waals surface area contributed by atoms with Gasteiger partial charge in [-0.2, -0.15) is 0 Å². The van der Waals surface area contributed by atoms with Crippen molar-refractivity contribution in [2.24, 2.45) is 5.41 Å². The van der Waals surface area contributed by atoms with Crippen LogP contribution in [0.5, 0.6) is 17.2 Å². The zero-order chi connectivity index (χ0) is 28.0. The predicted molar refractivity (Wildman–Crippen MR) is 148 cm³/mol. The third-order valence-corrected chi connectivity index (χ3v) is 5.23. The van der Waals surface area contributed by atoms with E-state index < -0.39 is 5.41 Å². The average Bonchev–Trinajstić information content (AvgIpc) is 2.76. The van der Waals surface area contributed by atoms with Crippen molar-refractivity contribution in [2.75, 3.05) is 6.79 Å². The number of allylic oxidation sites excluding steroid dienone is 1. The molecule has 0 aliphatic heterocycles. The van der Waals surface area contributed by atoms with Crippen LogP contribution < -0.4 is 14.2 Å². The van der Waals surface area contributed by atoms with Crippen molar-refractivity contribution >= 4 is 17.8 Å². The van der Waals surface area contributed by atoms with Crippen LogP contribution in [0.25, 0.3) is 6.08 Å². The molecule has 0 bridgehead atoms. The highest BCUT2D eigenvalue weighted by Crippen LogP contribution is 2.38. The van der Waals surface area contributed by atoms with Gasteiger partial charge in [0.2, 0.25) is 6.79 Å². The van der Waals surface area contributed by atoms with Gasteiger partial charge in [0, 0.05) is 22.8 Å². The summed E-state index contributed by atoms with van der Waals surface area (Å²) in [5, 5.41) is 0. The molecule has 0 saturated heterocycles. The summed E-state index contributed by atoms with van der Waals surface area (Å²) in [7, 11) is 0. The average molecular weight is 511 g/mol. The van der Waals surface area contributed by atoms with E-state index in [2.05, 4.69) is 20.8 Å². The minimum atomic E-state index is -0.596. The van der Waals surface area contributed by atoms with Gasteiger partial charge < -0.3 is 18.9 Å². The first-order valence-corrected chi connectivity index (χ1v) is 12.7. The number of ketones is 1. The summed E-state index contributed by atoms with van der Waals surface area (Å²) in [5.41, 5.74) is 1.60. The molecular formula is C31H42O6. The lowest BCUT2D eigenvalue weighted by atomic mass is 9.85. The summed E-state index contributed by atoms with van der Waals surface area (Å²) in [6.07, 6.45) is 3.31. The van der Waals surface area contributed by atoms with Gasteiger partial charge in [-0.25, -0.2) is 0 Å². The van der Waals surface area contributed by atoms with E-state index in [0.29, 0.717) is 17.1 Å². The molecule has 2 aromatic rings. The molecule has 2 rings (SSSR count). The second-order valence-electron chi connectivity index (χ2n) is 11.6. The molecule has 0 amide bonds. The molecule has 0 heterocycles. The highest BCUT2D eigenvalue weighted by atomic mass is 16.7. The van der Waals surface area contributed by atoms with Gasteiger partial charge in [0.1, 0.15) is 17.2 Å². The Morgan fingerprint density at radius 3 is 1.92 bits per heavy atom. The molecule has 202 valence electrons. The lowest BCUT2D eigenvalue weighted by Gasteiger charge is -2.26. The van der Waals surface area contributed by atoms with Crippen LogP contribution in [0.15, 0.2) is 42.5 Å². The number of benzene rings is 2. The lowest BCUT2D eigenvalue weighted by Crippen LogP contribution is -2.24. The van der Waals surface area contributed by atoms with E-state index in [-0.39, 0.29) is 36.2 Å². The van der Waals surface area contributed by atoms with Gasteiger partial charge in [0.25, 0.3) is 0 Å². The Hall–Kier alpha value is -3.28. The summed E-state index contributed by atoms with van der Waals surface area (Å²) < 4.78 is 22.8. The van der Waals surface area contributed by atoms with Crippen molar-refractivity contribution in [3.63, 3.8) is 0 Å². The Morgan fingerprint density at radius 2 is 1.41 bits per heavy atom. The van der Waals surface area contributed by atoms with Crippen LogP contribution in [0.1, 0.15) is 90.7 Å². The highest BCUT2D eigenvalue weighted by Gasteiger charge is 2.24. The zero-order valence-electron chi connectivity index (χ0n) is 23.9. The van der Waals surface area contributed by atoms with E-state index >= 15 is 0 Å². The first-order valence-electron chi connectivity index (χ1n) is 12.7. The molecule has 0 fully saturated rings. The van der Waals surface area contributed by atoms with E-state index in [1.54, 1.807) is 57.2 Å². The van der Waals surface area contributed by atoms with Crippen molar-refractivity contribution in [3.05, 3.63) is 59.2 Å². The van der Waals surface area contributed by atoms with Crippen LogP contribution in [0.3, 0.4) is 0 Å². The standard InChI is InChI=1S/C31H42O6/c1-20(2)36-27-18-28(37-21(3)4)25(30(5,6)7)17-23(27)13-16-26(32)22-11-14-24(15-12-22)34-19-35-29(33)31(8,9)10/h11-18,20-21H,19H2,1-10H3. The molecule has 0 N–H and O–H groups in total. The molecule has 0 saturated carbocycles. The van der Waals surface area contributed by atoms with E-state index in [4.69, 9.17) is 18.9 Å². The number of hydrogen-bond donors (Lipinski definition) is 0. The Kier molecular flexibility index (Phi) is 9.96. The number of carbonyl (C=O) groups excluding carboxylic acids is 2. The molecule has 0 aliphatic rings. The molecule has 0 radical (unpaired) electrons. The Balaban J connectivity index is 2.23. The van der Waals surface area contributed by atoms with Gasteiger partial charge >= 0.3 is 5.97 Å². The first kappa shape index (κ1) is 29.9.